The van der Waals surface area contributed by atoms with Crippen LogP contribution in [0, 0.1) is 12.3 Å². The lowest BCUT2D eigenvalue weighted by atomic mass is 9.82. The van der Waals surface area contributed by atoms with Crippen LogP contribution in [0.4, 0.5) is 0 Å². The van der Waals surface area contributed by atoms with Crippen molar-refractivity contribution >= 4 is 0 Å². The van der Waals surface area contributed by atoms with E-state index in [4.69, 9.17) is 9.84 Å². The van der Waals surface area contributed by atoms with Gasteiger partial charge in [-0.25, -0.2) is 0 Å². The zero-order chi connectivity index (χ0) is 12.5. The highest BCUT2D eigenvalue weighted by Gasteiger charge is 2.34. The van der Waals surface area contributed by atoms with Crippen LogP contribution in [-0.4, -0.2) is 18.8 Å². The Morgan fingerprint density at radius 2 is 2.12 bits per heavy atom. The molecule has 2 nitrogen and oxygen atoms in total. The number of methoxy groups -OCH3 is 1. The summed E-state index contributed by atoms with van der Waals surface area (Å²) in [7, 11) is 1.75. The van der Waals surface area contributed by atoms with Crippen molar-refractivity contribution in [3.8, 4) is 5.75 Å². The largest absolute Gasteiger partial charge is 0.496 e. The first kappa shape index (κ1) is 12.4. The van der Waals surface area contributed by atoms with E-state index in [1.165, 1.54) is 16.7 Å². The third-order valence-electron chi connectivity index (χ3n) is 3.82. The lowest BCUT2D eigenvalue weighted by Gasteiger charge is -2.22. The van der Waals surface area contributed by atoms with E-state index < -0.39 is 0 Å². The summed E-state index contributed by atoms with van der Waals surface area (Å²) in [5.41, 5.74) is 4.37. The smallest absolute Gasteiger partial charge is 0.122 e. The Morgan fingerprint density at radius 1 is 1.35 bits per heavy atom. The van der Waals surface area contributed by atoms with E-state index in [2.05, 4.69) is 26.0 Å². The van der Waals surface area contributed by atoms with Crippen molar-refractivity contribution in [3.05, 3.63) is 28.8 Å². The average Bonchev–Trinajstić information content (AvgIpc) is 2.62. The second kappa shape index (κ2) is 4.69. The van der Waals surface area contributed by atoms with Gasteiger partial charge in [-0.2, -0.15) is 0 Å². The number of aliphatic hydroxyl groups excluding tert-OH is 1. The van der Waals surface area contributed by atoms with E-state index >= 15 is 0 Å². The summed E-state index contributed by atoms with van der Waals surface area (Å²) in [6.45, 7) is 4.73. The fraction of sp³-hybridized carbons (Fsp3) is 0.600. The summed E-state index contributed by atoms with van der Waals surface area (Å²) in [5.74, 6) is 1.03. The highest BCUT2D eigenvalue weighted by Crippen LogP contribution is 2.44. The number of rotatable bonds is 4. The summed E-state index contributed by atoms with van der Waals surface area (Å²) >= 11 is 0. The molecule has 0 spiro atoms. The summed E-state index contributed by atoms with van der Waals surface area (Å²) < 4.78 is 5.49. The van der Waals surface area contributed by atoms with Crippen LogP contribution in [0.3, 0.4) is 0 Å². The maximum absolute atomic E-state index is 8.98. The van der Waals surface area contributed by atoms with E-state index in [9.17, 15) is 0 Å². The molecule has 1 aromatic rings. The summed E-state index contributed by atoms with van der Waals surface area (Å²) in [6.07, 6.45) is 4.17. The number of hydrogen-bond acceptors (Lipinski definition) is 2. The molecule has 0 aliphatic heterocycles. The van der Waals surface area contributed by atoms with E-state index in [0.29, 0.717) is 12.0 Å². The first-order valence-corrected chi connectivity index (χ1v) is 6.35. The number of fused-ring (bicyclic) bond motifs is 1. The van der Waals surface area contributed by atoms with Gasteiger partial charge in [-0.1, -0.05) is 13.0 Å². The van der Waals surface area contributed by atoms with E-state index in [0.717, 1.165) is 31.4 Å². The maximum Gasteiger partial charge on any atom is 0.122 e. The standard InChI is InChI=1S/C15H22O2/c1-11-7-12-9-15(2,5-4-6-16)10-13(12)14(8-11)17-3/h7-8,16H,4-6,9-10H2,1-3H3. The number of benzene rings is 1. The van der Waals surface area contributed by atoms with Gasteiger partial charge in [-0.15, -0.1) is 0 Å². The quantitative estimate of drug-likeness (QED) is 0.868. The minimum Gasteiger partial charge on any atom is -0.496 e. The molecule has 1 aliphatic carbocycles. The van der Waals surface area contributed by atoms with Gasteiger partial charge in [0.1, 0.15) is 5.75 Å². The zero-order valence-electron chi connectivity index (χ0n) is 11.0. The van der Waals surface area contributed by atoms with Gasteiger partial charge < -0.3 is 9.84 Å². The monoisotopic (exact) mass is 234 g/mol. The van der Waals surface area contributed by atoms with Crippen LogP contribution in [0.1, 0.15) is 36.5 Å². The molecular weight excluding hydrogens is 212 g/mol. The molecule has 0 saturated heterocycles. The number of ether oxygens (including phenoxy) is 1. The second-order valence-corrected chi connectivity index (χ2v) is 5.60. The maximum atomic E-state index is 8.98. The molecule has 17 heavy (non-hydrogen) atoms. The van der Waals surface area contributed by atoms with Gasteiger partial charge >= 0.3 is 0 Å². The molecule has 1 aromatic carbocycles. The predicted octanol–water partition coefficient (Wildman–Crippen LogP) is 2.88. The molecule has 0 fully saturated rings. The van der Waals surface area contributed by atoms with Crippen LogP contribution in [0.2, 0.25) is 0 Å². The molecule has 94 valence electrons. The van der Waals surface area contributed by atoms with Crippen molar-refractivity contribution in [1.82, 2.24) is 0 Å². The Labute approximate surface area is 104 Å². The van der Waals surface area contributed by atoms with Crippen molar-refractivity contribution in [1.29, 1.82) is 0 Å². The topological polar surface area (TPSA) is 29.5 Å². The van der Waals surface area contributed by atoms with Gasteiger partial charge in [0.05, 0.1) is 7.11 Å². The van der Waals surface area contributed by atoms with Crippen LogP contribution >= 0.6 is 0 Å². The van der Waals surface area contributed by atoms with Crippen molar-refractivity contribution in [2.75, 3.05) is 13.7 Å². The number of aryl methyl sites for hydroxylation is 1. The van der Waals surface area contributed by atoms with E-state index in [-0.39, 0.29) is 0 Å². The molecule has 2 rings (SSSR count). The minimum atomic E-state index is 0.294. The summed E-state index contributed by atoms with van der Waals surface area (Å²) in [5, 5.41) is 8.98. The zero-order valence-corrected chi connectivity index (χ0v) is 11.0. The molecule has 2 heteroatoms. The van der Waals surface area contributed by atoms with Crippen molar-refractivity contribution in [2.45, 2.75) is 39.5 Å². The minimum absolute atomic E-state index is 0.294. The van der Waals surface area contributed by atoms with Gasteiger partial charge in [0.15, 0.2) is 0 Å². The first-order chi connectivity index (χ1) is 8.08. The molecule has 0 heterocycles. The number of aliphatic hydroxyl groups is 1. The first-order valence-electron chi connectivity index (χ1n) is 6.35. The summed E-state index contributed by atoms with van der Waals surface area (Å²) in [4.78, 5) is 0. The van der Waals surface area contributed by atoms with Crippen LogP contribution in [0.5, 0.6) is 5.75 Å². The molecule has 0 saturated carbocycles. The third-order valence-corrected chi connectivity index (χ3v) is 3.82. The van der Waals surface area contributed by atoms with Crippen molar-refractivity contribution < 1.29 is 9.84 Å². The molecule has 0 amide bonds. The Kier molecular flexibility index (Phi) is 3.43. The van der Waals surface area contributed by atoms with E-state index in [1.807, 2.05) is 0 Å². The molecule has 1 N–H and O–H groups in total. The van der Waals surface area contributed by atoms with Crippen LogP contribution in [0.15, 0.2) is 12.1 Å². The summed E-state index contributed by atoms with van der Waals surface area (Å²) in [6, 6.07) is 4.40. The van der Waals surface area contributed by atoms with Gasteiger partial charge in [-0.3, -0.25) is 0 Å². The Hall–Kier alpha value is -1.02. The van der Waals surface area contributed by atoms with Gasteiger partial charge in [-0.05, 0) is 60.8 Å². The lowest BCUT2D eigenvalue weighted by molar-refractivity contribution is 0.234. The Bertz CT molecular complexity index is 412. The van der Waals surface area contributed by atoms with Crippen molar-refractivity contribution in [2.24, 2.45) is 5.41 Å². The van der Waals surface area contributed by atoms with Gasteiger partial charge in [0, 0.05) is 6.61 Å². The molecule has 1 atom stereocenters. The Balaban J connectivity index is 2.26. The molecule has 0 aromatic heterocycles. The highest BCUT2D eigenvalue weighted by molar-refractivity contribution is 5.47. The normalized spacial score (nSPS) is 22.6. The highest BCUT2D eigenvalue weighted by atomic mass is 16.5. The van der Waals surface area contributed by atoms with Gasteiger partial charge in [0.25, 0.3) is 0 Å². The number of hydrogen-bond donors (Lipinski definition) is 1. The fourth-order valence-electron chi connectivity index (χ4n) is 3.03. The molecular formula is C15H22O2. The van der Waals surface area contributed by atoms with Crippen molar-refractivity contribution in [3.63, 3.8) is 0 Å². The van der Waals surface area contributed by atoms with E-state index in [1.54, 1.807) is 7.11 Å². The third kappa shape index (κ3) is 2.47. The lowest BCUT2D eigenvalue weighted by Crippen LogP contribution is -2.16. The van der Waals surface area contributed by atoms with Gasteiger partial charge in [0.2, 0.25) is 0 Å². The molecule has 1 unspecified atom stereocenters. The van der Waals surface area contributed by atoms with Crippen LogP contribution in [0.25, 0.3) is 0 Å². The molecule has 1 aliphatic rings. The molecule has 0 radical (unpaired) electrons. The van der Waals surface area contributed by atoms with Crippen LogP contribution < -0.4 is 4.74 Å². The fourth-order valence-corrected chi connectivity index (χ4v) is 3.03. The predicted molar refractivity (Wildman–Crippen MR) is 69.6 cm³/mol. The molecule has 0 bridgehead atoms. The van der Waals surface area contributed by atoms with Crippen LogP contribution in [-0.2, 0) is 12.8 Å². The Morgan fingerprint density at radius 3 is 2.76 bits per heavy atom. The second-order valence-electron chi connectivity index (χ2n) is 5.60. The SMILES string of the molecule is COc1cc(C)cc2c1CC(C)(CCCO)C2. The average molecular weight is 234 g/mol.